The van der Waals surface area contributed by atoms with E-state index in [2.05, 4.69) is 44.0 Å². The molecule has 1 amide bonds. The molecule has 7 rings (SSSR count). The Balaban J connectivity index is 1.33. The number of rotatable bonds is 4. The van der Waals surface area contributed by atoms with Crippen LogP contribution in [0.2, 0.25) is 0 Å². The van der Waals surface area contributed by atoms with Crippen molar-refractivity contribution in [1.29, 1.82) is 0 Å². The van der Waals surface area contributed by atoms with Crippen molar-refractivity contribution in [2.75, 3.05) is 26.7 Å². The lowest BCUT2D eigenvalue weighted by molar-refractivity contribution is -0.123. The second-order valence-electron chi connectivity index (χ2n) is 10.5. The van der Waals surface area contributed by atoms with Gasteiger partial charge >= 0.3 is 0 Å². The van der Waals surface area contributed by atoms with Crippen LogP contribution in [0.25, 0.3) is 44.3 Å². The molecule has 1 aromatic carbocycles. The van der Waals surface area contributed by atoms with Crippen LogP contribution in [-0.4, -0.2) is 62.8 Å². The van der Waals surface area contributed by atoms with Crippen molar-refractivity contribution in [3.05, 3.63) is 78.6 Å². The zero-order valence-electron chi connectivity index (χ0n) is 21.0. The summed E-state index contributed by atoms with van der Waals surface area (Å²) in [5.74, 6) is 0.615. The Labute approximate surface area is 219 Å². The first-order valence-electron chi connectivity index (χ1n) is 13.0. The molecule has 190 valence electrons. The molecule has 0 radical (unpaired) electrons. The van der Waals surface area contributed by atoms with E-state index in [1.54, 1.807) is 18.6 Å². The molecule has 2 aliphatic heterocycles. The second-order valence-corrected chi connectivity index (χ2v) is 10.5. The molecule has 2 saturated heterocycles. The van der Waals surface area contributed by atoms with Crippen molar-refractivity contribution >= 4 is 28.3 Å². The highest BCUT2D eigenvalue weighted by molar-refractivity contribution is 6.13. The normalized spacial score (nSPS) is 21.7. The van der Waals surface area contributed by atoms with Gasteiger partial charge in [0.05, 0.1) is 29.6 Å². The number of hydrogen-bond donors (Lipinski definition) is 1. The number of benzene rings is 1. The molecule has 2 fully saturated rings. The minimum absolute atomic E-state index is 0.0359. The SMILES string of the molecule is CN1CC2CCN(C=O)C(c3ccc(-c4c(F)cnc5[nH]c6cnc(-c7cccnc7)cc6c45)cc3)C2C1. The number of piperidine rings is 1. The predicted molar refractivity (Wildman–Crippen MR) is 145 cm³/mol. The Kier molecular flexibility index (Phi) is 5.44. The highest BCUT2D eigenvalue weighted by Gasteiger charge is 2.43. The molecule has 0 spiro atoms. The number of likely N-dealkylation sites (tertiary alicyclic amines) is 2. The number of H-pyrrole nitrogens is 1. The fourth-order valence-electron chi connectivity index (χ4n) is 6.57. The van der Waals surface area contributed by atoms with Gasteiger partial charge in [0.2, 0.25) is 6.41 Å². The average molecular weight is 507 g/mol. The van der Waals surface area contributed by atoms with E-state index in [0.717, 1.165) is 71.1 Å². The van der Waals surface area contributed by atoms with Gasteiger partial charge in [0, 0.05) is 59.8 Å². The van der Waals surface area contributed by atoms with Crippen LogP contribution in [0.4, 0.5) is 4.39 Å². The summed E-state index contributed by atoms with van der Waals surface area (Å²) in [6.45, 7) is 2.82. The number of halogens is 1. The topological polar surface area (TPSA) is 78.0 Å². The maximum absolute atomic E-state index is 15.5. The minimum Gasteiger partial charge on any atom is -0.338 e. The third kappa shape index (κ3) is 3.67. The predicted octanol–water partition coefficient (Wildman–Crippen LogP) is 5.06. The van der Waals surface area contributed by atoms with E-state index in [9.17, 15) is 4.79 Å². The number of aromatic amines is 1. The number of pyridine rings is 3. The van der Waals surface area contributed by atoms with Crippen molar-refractivity contribution in [2.24, 2.45) is 11.8 Å². The number of aromatic nitrogens is 4. The zero-order valence-corrected chi connectivity index (χ0v) is 21.0. The van der Waals surface area contributed by atoms with Crippen LogP contribution >= 0.6 is 0 Å². The number of nitrogens with zero attached hydrogens (tertiary/aromatic N) is 5. The minimum atomic E-state index is -0.379. The van der Waals surface area contributed by atoms with Crippen molar-refractivity contribution in [3.63, 3.8) is 0 Å². The van der Waals surface area contributed by atoms with E-state index in [1.807, 2.05) is 35.2 Å². The van der Waals surface area contributed by atoms with Crippen LogP contribution in [-0.2, 0) is 4.79 Å². The molecule has 7 nitrogen and oxygen atoms in total. The van der Waals surface area contributed by atoms with Crippen LogP contribution in [0.5, 0.6) is 0 Å². The molecule has 38 heavy (non-hydrogen) atoms. The Morgan fingerprint density at radius 1 is 1.05 bits per heavy atom. The second kappa shape index (κ2) is 8.99. The highest BCUT2D eigenvalue weighted by atomic mass is 19.1. The number of carbonyl (C=O) groups excluding carboxylic acids is 1. The number of nitrogens with one attached hydrogen (secondary N) is 1. The molecule has 6 heterocycles. The monoisotopic (exact) mass is 506 g/mol. The van der Waals surface area contributed by atoms with E-state index in [-0.39, 0.29) is 11.9 Å². The molecule has 2 aliphatic rings. The summed E-state index contributed by atoms with van der Waals surface area (Å²) in [7, 11) is 2.15. The van der Waals surface area contributed by atoms with Crippen molar-refractivity contribution in [1.82, 2.24) is 29.7 Å². The lowest BCUT2D eigenvalue weighted by atomic mass is 9.79. The number of amides is 1. The molecule has 3 unspecified atom stereocenters. The van der Waals surface area contributed by atoms with E-state index in [1.165, 1.54) is 6.20 Å². The van der Waals surface area contributed by atoms with Gasteiger partial charge in [-0.3, -0.25) is 14.8 Å². The molecule has 0 bridgehead atoms. The summed E-state index contributed by atoms with van der Waals surface area (Å²) in [6, 6.07) is 13.9. The summed E-state index contributed by atoms with van der Waals surface area (Å²) < 4.78 is 15.5. The number of carbonyl (C=O) groups is 1. The molecule has 0 aliphatic carbocycles. The van der Waals surface area contributed by atoms with E-state index < -0.39 is 0 Å². The molecule has 0 saturated carbocycles. The van der Waals surface area contributed by atoms with Gasteiger partial charge in [0.1, 0.15) is 11.5 Å². The molecule has 8 heteroatoms. The van der Waals surface area contributed by atoms with Crippen molar-refractivity contribution in [2.45, 2.75) is 12.5 Å². The standard InChI is InChI=1S/C30H27FN6O/c1-36-15-21-8-10-37(17-38)29(23(21)16-36)19-6-4-18(5-7-19)27-24(31)13-34-30-28(27)22-11-25(33-14-26(22)35-30)20-3-2-9-32-12-20/h2-7,9,11-14,17,21,23,29H,8,10,15-16H2,1H3,(H,34,35). The van der Waals surface area contributed by atoms with Crippen LogP contribution in [0.1, 0.15) is 18.0 Å². The van der Waals surface area contributed by atoms with Crippen molar-refractivity contribution in [3.8, 4) is 22.4 Å². The number of hydrogen-bond acceptors (Lipinski definition) is 5. The number of fused-ring (bicyclic) bond motifs is 4. The average Bonchev–Trinajstić information content (AvgIpc) is 3.52. The summed E-state index contributed by atoms with van der Waals surface area (Å²) in [6.07, 6.45) is 8.54. The van der Waals surface area contributed by atoms with Gasteiger partial charge in [-0.1, -0.05) is 24.3 Å². The Morgan fingerprint density at radius 3 is 2.71 bits per heavy atom. The van der Waals surface area contributed by atoms with Crippen LogP contribution < -0.4 is 0 Å². The fourth-order valence-corrected chi connectivity index (χ4v) is 6.57. The largest absolute Gasteiger partial charge is 0.338 e. The molecule has 4 aromatic heterocycles. The fraction of sp³-hybridized carbons (Fsp3) is 0.267. The first-order chi connectivity index (χ1) is 18.6. The van der Waals surface area contributed by atoms with Gasteiger partial charge in [-0.05, 0) is 48.7 Å². The smallest absolute Gasteiger partial charge is 0.210 e. The van der Waals surface area contributed by atoms with E-state index >= 15 is 4.39 Å². The van der Waals surface area contributed by atoms with Crippen molar-refractivity contribution < 1.29 is 9.18 Å². The Morgan fingerprint density at radius 2 is 1.92 bits per heavy atom. The van der Waals surface area contributed by atoms with E-state index in [4.69, 9.17) is 0 Å². The maximum atomic E-state index is 15.5. The van der Waals surface area contributed by atoms with Gasteiger partial charge in [0.15, 0.2) is 0 Å². The van der Waals surface area contributed by atoms with Gasteiger partial charge in [-0.25, -0.2) is 9.37 Å². The summed E-state index contributed by atoms with van der Waals surface area (Å²) in [5.41, 5.74) is 5.43. The maximum Gasteiger partial charge on any atom is 0.210 e. The summed E-state index contributed by atoms with van der Waals surface area (Å²) in [5, 5.41) is 1.58. The Bertz CT molecular complexity index is 1650. The molecule has 1 N–H and O–H groups in total. The van der Waals surface area contributed by atoms with Gasteiger partial charge < -0.3 is 14.8 Å². The molecular formula is C30H27FN6O. The van der Waals surface area contributed by atoms with Crippen LogP contribution in [0.15, 0.2) is 67.3 Å². The third-order valence-corrected chi connectivity index (χ3v) is 8.29. The summed E-state index contributed by atoms with van der Waals surface area (Å²) in [4.78, 5) is 32.7. The van der Waals surface area contributed by atoms with Gasteiger partial charge in [-0.2, -0.15) is 0 Å². The Hall–Kier alpha value is -4.17. The molecule has 3 atom stereocenters. The first kappa shape index (κ1) is 23.0. The zero-order chi connectivity index (χ0) is 25.8. The van der Waals surface area contributed by atoms with Gasteiger partial charge in [-0.15, -0.1) is 0 Å². The molecule has 5 aromatic rings. The van der Waals surface area contributed by atoms with Crippen LogP contribution in [0, 0.1) is 17.7 Å². The lowest BCUT2D eigenvalue weighted by Crippen LogP contribution is -2.42. The molecular weight excluding hydrogens is 479 g/mol. The highest BCUT2D eigenvalue weighted by Crippen LogP contribution is 2.43. The van der Waals surface area contributed by atoms with E-state index in [0.29, 0.717) is 23.0 Å². The van der Waals surface area contributed by atoms with Crippen LogP contribution in [0.3, 0.4) is 0 Å². The summed E-state index contributed by atoms with van der Waals surface area (Å²) >= 11 is 0. The van der Waals surface area contributed by atoms with Gasteiger partial charge in [0.25, 0.3) is 0 Å². The lowest BCUT2D eigenvalue weighted by Gasteiger charge is -2.41. The first-order valence-corrected chi connectivity index (χ1v) is 13.0. The third-order valence-electron chi connectivity index (χ3n) is 8.29. The quantitative estimate of drug-likeness (QED) is 0.345.